The summed E-state index contributed by atoms with van der Waals surface area (Å²) in [5.41, 5.74) is 7.87. The van der Waals surface area contributed by atoms with Gasteiger partial charge in [0.1, 0.15) is 5.82 Å². The predicted octanol–water partition coefficient (Wildman–Crippen LogP) is 3.42. The lowest BCUT2D eigenvalue weighted by molar-refractivity contribution is 0.461. The third-order valence-electron chi connectivity index (χ3n) is 4.42. The molecule has 1 heterocycles. The van der Waals surface area contributed by atoms with Crippen LogP contribution < -0.4 is 5.73 Å². The molecule has 21 heavy (non-hydrogen) atoms. The SMILES string of the molecule is NCC(Cc1ccn(C2CCCC2)n1)c1cccc(F)c1. The van der Waals surface area contributed by atoms with Crippen LogP contribution in [-0.4, -0.2) is 16.3 Å². The van der Waals surface area contributed by atoms with E-state index in [1.54, 1.807) is 12.1 Å². The number of benzene rings is 1. The molecule has 3 nitrogen and oxygen atoms in total. The highest BCUT2D eigenvalue weighted by Crippen LogP contribution is 2.29. The largest absolute Gasteiger partial charge is 0.330 e. The Hall–Kier alpha value is -1.68. The fourth-order valence-corrected chi connectivity index (χ4v) is 3.21. The number of nitrogens with two attached hydrogens (primary N) is 1. The van der Waals surface area contributed by atoms with E-state index in [4.69, 9.17) is 10.8 Å². The lowest BCUT2D eigenvalue weighted by Gasteiger charge is -2.14. The molecular weight excluding hydrogens is 265 g/mol. The van der Waals surface area contributed by atoms with Crippen LogP contribution in [0, 0.1) is 5.82 Å². The molecule has 0 aliphatic heterocycles. The smallest absolute Gasteiger partial charge is 0.123 e. The molecule has 1 aromatic heterocycles. The van der Waals surface area contributed by atoms with E-state index in [1.165, 1.54) is 31.7 Å². The Morgan fingerprint density at radius 2 is 2.10 bits per heavy atom. The minimum Gasteiger partial charge on any atom is -0.330 e. The average Bonchev–Trinajstić information content (AvgIpc) is 3.15. The van der Waals surface area contributed by atoms with Crippen LogP contribution in [0.3, 0.4) is 0 Å². The van der Waals surface area contributed by atoms with Gasteiger partial charge in [-0.15, -0.1) is 0 Å². The molecule has 1 saturated carbocycles. The molecule has 1 aromatic carbocycles. The van der Waals surface area contributed by atoms with Crippen molar-refractivity contribution in [2.45, 2.75) is 44.1 Å². The highest BCUT2D eigenvalue weighted by Gasteiger charge is 2.19. The summed E-state index contributed by atoms with van der Waals surface area (Å²) in [5.74, 6) is -0.0879. The lowest BCUT2D eigenvalue weighted by atomic mass is 9.94. The summed E-state index contributed by atoms with van der Waals surface area (Å²) in [6.07, 6.45) is 7.89. The number of halogens is 1. The zero-order valence-corrected chi connectivity index (χ0v) is 12.2. The summed E-state index contributed by atoms with van der Waals surface area (Å²) < 4.78 is 15.4. The second-order valence-electron chi connectivity index (χ2n) is 5.92. The van der Waals surface area contributed by atoms with Gasteiger partial charge in [-0.1, -0.05) is 25.0 Å². The predicted molar refractivity (Wildman–Crippen MR) is 81.6 cm³/mol. The Bertz CT molecular complexity index is 587. The van der Waals surface area contributed by atoms with Crippen molar-refractivity contribution in [1.29, 1.82) is 0 Å². The van der Waals surface area contributed by atoms with Crippen LogP contribution in [0.4, 0.5) is 4.39 Å². The van der Waals surface area contributed by atoms with Crippen LogP contribution in [0.2, 0.25) is 0 Å². The van der Waals surface area contributed by atoms with Crippen LogP contribution in [0.15, 0.2) is 36.5 Å². The maximum Gasteiger partial charge on any atom is 0.123 e. The lowest BCUT2D eigenvalue weighted by Crippen LogP contribution is -2.16. The van der Waals surface area contributed by atoms with Crippen LogP contribution in [-0.2, 0) is 6.42 Å². The van der Waals surface area contributed by atoms with Crippen molar-refractivity contribution in [3.63, 3.8) is 0 Å². The van der Waals surface area contributed by atoms with Crippen LogP contribution in [0.5, 0.6) is 0 Å². The molecule has 1 aliphatic rings. The normalized spacial score (nSPS) is 17.2. The van der Waals surface area contributed by atoms with Crippen LogP contribution in [0.1, 0.15) is 48.9 Å². The van der Waals surface area contributed by atoms with Gasteiger partial charge in [0, 0.05) is 12.1 Å². The molecule has 1 unspecified atom stereocenters. The minimum absolute atomic E-state index is 0.118. The molecule has 2 aromatic rings. The molecule has 1 fully saturated rings. The van der Waals surface area contributed by atoms with Gasteiger partial charge in [0.25, 0.3) is 0 Å². The third-order valence-corrected chi connectivity index (χ3v) is 4.42. The number of rotatable bonds is 5. The van der Waals surface area contributed by atoms with Gasteiger partial charge in [-0.2, -0.15) is 5.10 Å². The first-order chi connectivity index (χ1) is 10.3. The second kappa shape index (κ2) is 6.39. The first kappa shape index (κ1) is 14.3. The molecule has 0 spiro atoms. The van der Waals surface area contributed by atoms with E-state index in [0.717, 1.165) is 17.7 Å². The van der Waals surface area contributed by atoms with E-state index in [0.29, 0.717) is 12.6 Å². The molecule has 1 aliphatic carbocycles. The highest BCUT2D eigenvalue weighted by molar-refractivity contribution is 5.23. The summed E-state index contributed by atoms with van der Waals surface area (Å²) >= 11 is 0. The molecule has 0 saturated heterocycles. The fraction of sp³-hybridized carbons (Fsp3) is 0.471. The average molecular weight is 287 g/mol. The Balaban J connectivity index is 1.72. The molecule has 0 radical (unpaired) electrons. The molecule has 4 heteroatoms. The van der Waals surface area contributed by atoms with Crippen molar-refractivity contribution in [2.24, 2.45) is 5.73 Å². The van der Waals surface area contributed by atoms with Gasteiger partial charge in [-0.25, -0.2) is 4.39 Å². The van der Waals surface area contributed by atoms with E-state index in [-0.39, 0.29) is 11.7 Å². The first-order valence-corrected chi connectivity index (χ1v) is 7.76. The van der Waals surface area contributed by atoms with Crippen molar-refractivity contribution in [3.8, 4) is 0 Å². The maximum atomic E-state index is 13.4. The number of hydrogen-bond donors (Lipinski definition) is 1. The Kier molecular flexibility index (Phi) is 4.34. The molecule has 2 N–H and O–H groups in total. The second-order valence-corrected chi connectivity index (χ2v) is 5.92. The van der Waals surface area contributed by atoms with Crippen LogP contribution >= 0.6 is 0 Å². The van der Waals surface area contributed by atoms with E-state index in [2.05, 4.69) is 16.9 Å². The summed E-state index contributed by atoms with van der Waals surface area (Å²) in [7, 11) is 0. The van der Waals surface area contributed by atoms with Crippen molar-refractivity contribution in [2.75, 3.05) is 6.54 Å². The first-order valence-electron chi connectivity index (χ1n) is 7.76. The van der Waals surface area contributed by atoms with E-state index >= 15 is 0 Å². The molecule has 1 atom stereocenters. The topological polar surface area (TPSA) is 43.8 Å². The molecule has 3 rings (SSSR count). The van der Waals surface area contributed by atoms with Gasteiger partial charge in [0.15, 0.2) is 0 Å². The summed E-state index contributed by atoms with van der Waals surface area (Å²) in [6, 6.07) is 9.35. The standard InChI is InChI=1S/C17H22FN3/c18-15-5-3-4-13(10-15)14(12-19)11-16-8-9-21(20-16)17-6-1-2-7-17/h3-5,8-10,14,17H,1-2,6-7,11-12,19H2. The minimum atomic E-state index is -0.206. The highest BCUT2D eigenvalue weighted by atomic mass is 19.1. The van der Waals surface area contributed by atoms with Crippen molar-refractivity contribution in [3.05, 3.63) is 53.6 Å². The monoisotopic (exact) mass is 287 g/mol. The van der Waals surface area contributed by atoms with Gasteiger partial charge in [0.2, 0.25) is 0 Å². The Labute approximate surface area is 125 Å². The van der Waals surface area contributed by atoms with Crippen molar-refractivity contribution in [1.82, 2.24) is 9.78 Å². The Morgan fingerprint density at radius 1 is 1.29 bits per heavy atom. The van der Waals surface area contributed by atoms with Crippen LogP contribution in [0.25, 0.3) is 0 Å². The van der Waals surface area contributed by atoms with Gasteiger partial charge >= 0.3 is 0 Å². The van der Waals surface area contributed by atoms with E-state index in [1.807, 2.05) is 6.07 Å². The van der Waals surface area contributed by atoms with Crippen molar-refractivity contribution >= 4 is 0 Å². The number of nitrogens with zero attached hydrogens (tertiary/aromatic N) is 2. The number of aromatic nitrogens is 2. The van der Waals surface area contributed by atoms with Gasteiger partial charge in [-0.05, 0) is 49.6 Å². The fourth-order valence-electron chi connectivity index (χ4n) is 3.21. The summed E-state index contributed by atoms with van der Waals surface area (Å²) in [6.45, 7) is 0.500. The molecule has 0 amide bonds. The maximum absolute atomic E-state index is 13.4. The Morgan fingerprint density at radius 3 is 2.81 bits per heavy atom. The van der Waals surface area contributed by atoms with Gasteiger partial charge < -0.3 is 5.73 Å². The van der Waals surface area contributed by atoms with E-state index in [9.17, 15) is 4.39 Å². The van der Waals surface area contributed by atoms with Gasteiger partial charge in [0.05, 0.1) is 11.7 Å². The molecule has 112 valence electrons. The van der Waals surface area contributed by atoms with Crippen molar-refractivity contribution < 1.29 is 4.39 Å². The van der Waals surface area contributed by atoms with Gasteiger partial charge in [-0.3, -0.25) is 4.68 Å². The quantitative estimate of drug-likeness (QED) is 0.915. The molecular formula is C17H22FN3. The zero-order chi connectivity index (χ0) is 14.7. The number of hydrogen-bond acceptors (Lipinski definition) is 2. The summed E-state index contributed by atoms with van der Waals surface area (Å²) in [4.78, 5) is 0. The summed E-state index contributed by atoms with van der Waals surface area (Å²) in [5, 5.41) is 4.70. The third kappa shape index (κ3) is 3.32. The molecule has 0 bridgehead atoms. The van der Waals surface area contributed by atoms with E-state index < -0.39 is 0 Å². The zero-order valence-electron chi connectivity index (χ0n) is 12.2.